The quantitative estimate of drug-likeness (QED) is 0.879. The molecule has 0 aromatic carbocycles. The second kappa shape index (κ2) is 6.01. The number of anilines is 2. The van der Waals surface area contributed by atoms with Crippen LogP contribution in [0.3, 0.4) is 0 Å². The Bertz CT molecular complexity index is 643. The van der Waals surface area contributed by atoms with Gasteiger partial charge in [0.05, 0.1) is 6.04 Å². The fourth-order valence-corrected chi connectivity index (χ4v) is 3.04. The van der Waals surface area contributed by atoms with E-state index in [0.29, 0.717) is 5.82 Å². The van der Waals surface area contributed by atoms with Crippen LogP contribution in [0.5, 0.6) is 0 Å². The Hall–Kier alpha value is -2.28. The van der Waals surface area contributed by atoms with Crippen LogP contribution >= 0.6 is 11.3 Å². The summed E-state index contributed by atoms with van der Waals surface area (Å²) in [7, 11) is 0. The molecule has 2 aromatic rings. The van der Waals surface area contributed by atoms with Crippen LogP contribution < -0.4 is 5.32 Å². The minimum Gasteiger partial charge on any atom is -0.330 e. The van der Waals surface area contributed by atoms with E-state index in [1.54, 1.807) is 23.5 Å². The molecule has 1 N–H and O–H groups in total. The molecule has 7 heteroatoms. The first-order valence-corrected chi connectivity index (χ1v) is 7.58. The summed E-state index contributed by atoms with van der Waals surface area (Å²) in [5.74, 6) is 0.588. The minimum atomic E-state index is -0.0663. The molecule has 2 aromatic heterocycles. The largest absolute Gasteiger partial charge is 0.330 e. The maximum atomic E-state index is 12.0. The van der Waals surface area contributed by atoms with Crippen LogP contribution in [0.1, 0.15) is 24.6 Å². The molecule has 21 heavy (non-hydrogen) atoms. The number of rotatable bonds is 4. The Morgan fingerprint density at radius 3 is 3.00 bits per heavy atom. The maximum Gasteiger partial charge on any atom is 0.246 e. The molecule has 0 radical (unpaired) electrons. The lowest BCUT2D eigenvalue weighted by Crippen LogP contribution is -2.29. The number of nitrogens with zero attached hydrogens (tertiary/aromatic N) is 4. The van der Waals surface area contributed by atoms with Crippen molar-refractivity contribution in [3.63, 3.8) is 0 Å². The molecule has 1 aliphatic heterocycles. The van der Waals surface area contributed by atoms with Gasteiger partial charge in [0, 0.05) is 30.5 Å². The van der Waals surface area contributed by atoms with E-state index in [9.17, 15) is 4.79 Å². The topological polar surface area (TPSA) is 71.0 Å². The Labute approximate surface area is 126 Å². The van der Waals surface area contributed by atoms with Crippen molar-refractivity contribution in [2.24, 2.45) is 0 Å². The zero-order valence-electron chi connectivity index (χ0n) is 11.4. The number of hydrogen-bond acceptors (Lipinski definition) is 6. The predicted molar refractivity (Wildman–Crippen MR) is 81.3 cm³/mol. The molecule has 1 amide bonds. The molecule has 0 bridgehead atoms. The van der Waals surface area contributed by atoms with E-state index in [0.717, 1.165) is 30.2 Å². The van der Waals surface area contributed by atoms with Crippen molar-refractivity contribution in [1.82, 2.24) is 19.9 Å². The number of carbonyl (C=O) groups excluding carboxylic acids is 1. The van der Waals surface area contributed by atoms with Crippen molar-refractivity contribution >= 4 is 28.2 Å². The second-order valence-corrected chi connectivity index (χ2v) is 5.54. The van der Waals surface area contributed by atoms with Gasteiger partial charge in [-0.2, -0.15) is 0 Å². The number of likely N-dealkylation sites (tertiary alicyclic amines) is 1. The highest BCUT2D eigenvalue weighted by atomic mass is 32.1. The third kappa shape index (κ3) is 2.78. The predicted octanol–water partition coefficient (Wildman–Crippen LogP) is 2.53. The molecule has 6 nitrogen and oxygen atoms in total. The first kappa shape index (κ1) is 13.7. The van der Waals surface area contributed by atoms with Crippen LogP contribution in [0, 0.1) is 0 Å². The molecule has 1 fully saturated rings. The highest BCUT2D eigenvalue weighted by Crippen LogP contribution is 2.34. The van der Waals surface area contributed by atoms with Crippen LogP contribution in [0.15, 0.2) is 36.6 Å². The van der Waals surface area contributed by atoms with Gasteiger partial charge in [-0.05, 0) is 18.9 Å². The minimum absolute atomic E-state index is 0.0633. The summed E-state index contributed by atoms with van der Waals surface area (Å²) in [6.45, 7) is 4.29. The fourth-order valence-electron chi connectivity index (χ4n) is 2.51. The van der Waals surface area contributed by atoms with Gasteiger partial charge in [-0.3, -0.25) is 9.78 Å². The van der Waals surface area contributed by atoms with Gasteiger partial charge in [0.25, 0.3) is 0 Å². The Morgan fingerprint density at radius 2 is 2.24 bits per heavy atom. The molecule has 0 saturated carbocycles. The van der Waals surface area contributed by atoms with Crippen LogP contribution in [0.25, 0.3) is 0 Å². The van der Waals surface area contributed by atoms with Gasteiger partial charge in [-0.1, -0.05) is 6.58 Å². The van der Waals surface area contributed by atoms with Gasteiger partial charge in [0.2, 0.25) is 5.91 Å². The average Bonchev–Trinajstić information content (AvgIpc) is 3.18. The molecular weight excluding hydrogens is 286 g/mol. The van der Waals surface area contributed by atoms with Gasteiger partial charge in [0.15, 0.2) is 10.9 Å². The van der Waals surface area contributed by atoms with Crippen molar-refractivity contribution in [2.45, 2.75) is 18.9 Å². The number of amides is 1. The fraction of sp³-hybridized carbons (Fsp3) is 0.286. The molecule has 108 valence electrons. The van der Waals surface area contributed by atoms with E-state index in [1.807, 2.05) is 5.38 Å². The summed E-state index contributed by atoms with van der Waals surface area (Å²) in [6, 6.07) is -0.0633. The van der Waals surface area contributed by atoms with Crippen molar-refractivity contribution < 1.29 is 4.79 Å². The van der Waals surface area contributed by atoms with Crippen molar-refractivity contribution in [3.05, 3.63) is 42.3 Å². The highest BCUT2D eigenvalue weighted by Gasteiger charge is 2.31. The Balaban J connectivity index is 1.91. The SMILES string of the molecule is C=CC(=O)N1CCCC1c1nccnc1Nc1nccs1. The van der Waals surface area contributed by atoms with Crippen molar-refractivity contribution in [2.75, 3.05) is 11.9 Å². The number of thiazole rings is 1. The maximum absolute atomic E-state index is 12.0. The van der Waals surface area contributed by atoms with E-state index >= 15 is 0 Å². The molecule has 1 saturated heterocycles. The van der Waals surface area contributed by atoms with E-state index in [4.69, 9.17) is 0 Å². The molecule has 1 aliphatic rings. The van der Waals surface area contributed by atoms with Gasteiger partial charge >= 0.3 is 0 Å². The molecule has 3 rings (SSSR count). The molecular formula is C14H15N5OS. The van der Waals surface area contributed by atoms with Gasteiger partial charge in [-0.15, -0.1) is 11.3 Å². The molecule has 1 unspecified atom stereocenters. The van der Waals surface area contributed by atoms with Gasteiger partial charge < -0.3 is 10.2 Å². The summed E-state index contributed by atoms with van der Waals surface area (Å²) in [5.41, 5.74) is 0.778. The second-order valence-electron chi connectivity index (χ2n) is 4.65. The van der Waals surface area contributed by atoms with E-state index in [-0.39, 0.29) is 11.9 Å². The third-order valence-corrected chi connectivity index (χ3v) is 4.10. The normalized spacial score (nSPS) is 17.7. The number of hydrogen-bond donors (Lipinski definition) is 1. The van der Waals surface area contributed by atoms with Crippen molar-refractivity contribution in [1.29, 1.82) is 0 Å². The smallest absolute Gasteiger partial charge is 0.246 e. The average molecular weight is 301 g/mol. The first-order valence-electron chi connectivity index (χ1n) is 6.70. The van der Waals surface area contributed by atoms with Crippen LogP contribution in [0.4, 0.5) is 10.9 Å². The van der Waals surface area contributed by atoms with E-state index < -0.39 is 0 Å². The Morgan fingerprint density at radius 1 is 1.38 bits per heavy atom. The number of aromatic nitrogens is 3. The Kier molecular flexibility index (Phi) is 3.92. The molecule has 0 spiro atoms. The first-order chi connectivity index (χ1) is 10.3. The van der Waals surface area contributed by atoms with Crippen LogP contribution in [0.2, 0.25) is 0 Å². The van der Waals surface area contributed by atoms with Gasteiger partial charge in [0.1, 0.15) is 5.69 Å². The zero-order chi connectivity index (χ0) is 14.7. The lowest BCUT2D eigenvalue weighted by atomic mass is 10.1. The lowest BCUT2D eigenvalue weighted by molar-refractivity contribution is -0.126. The van der Waals surface area contributed by atoms with E-state index in [2.05, 4.69) is 26.8 Å². The monoisotopic (exact) mass is 301 g/mol. The van der Waals surface area contributed by atoms with Crippen molar-refractivity contribution in [3.8, 4) is 0 Å². The van der Waals surface area contributed by atoms with E-state index in [1.165, 1.54) is 17.4 Å². The third-order valence-electron chi connectivity index (χ3n) is 3.41. The van der Waals surface area contributed by atoms with Gasteiger partial charge in [-0.25, -0.2) is 9.97 Å². The molecule has 0 aliphatic carbocycles. The summed E-state index contributed by atoms with van der Waals surface area (Å²) in [6.07, 6.45) is 8.20. The summed E-state index contributed by atoms with van der Waals surface area (Å²) < 4.78 is 0. The standard InChI is InChI=1S/C14H15N5OS/c1-2-11(20)19-8-3-4-10(19)12-13(16-6-5-15-12)18-14-17-7-9-21-14/h2,5-7,9-10H,1,3-4,8H2,(H,16,17,18). The van der Waals surface area contributed by atoms with Crippen LogP contribution in [-0.4, -0.2) is 32.3 Å². The number of nitrogens with one attached hydrogen (secondary N) is 1. The zero-order valence-corrected chi connectivity index (χ0v) is 12.2. The highest BCUT2D eigenvalue weighted by molar-refractivity contribution is 7.13. The lowest BCUT2D eigenvalue weighted by Gasteiger charge is -2.24. The summed E-state index contributed by atoms with van der Waals surface area (Å²) in [5, 5.41) is 5.83. The summed E-state index contributed by atoms with van der Waals surface area (Å²) >= 11 is 1.49. The van der Waals surface area contributed by atoms with Crippen LogP contribution in [-0.2, 0) is 4.79 Å². The molecule has 1 atom stereocenters. The molecule has 3 heterocycles. The summed E-state index contributed by atoms with van der Waals surface area (Å²) in [4.78, 5) is 26.7. The number of carbonyl (C=O) groups is 1.